The molecule has 0 amide bonds. The van der Waals surface area contributed by atoms with Crippen LogP contribution < -0.4 is 10.1 Å². The van der Waals surface area contributed by atoms with Crippen molar-refractivity contribution >= 4 is 5.97 Å². The Kier molecular flexibility index (Phi) is 3.43. The molecule has 1 heterocycles. The molecule has 0 spiro atoms. The summed E-state index contributed by atoms with van der Waals surface area (Å²) < 4.78 is 5.11. The van der Waals surface area contributed by atoms with Crippen molar-refractivity contribution in [3.63, 3.8) is 0 Å². The van der Waals surface area contributed by atoms with E-state index in [0.717, 1.165) is 5.56 Å². The van der Waals surface area contributed by atoms with Gasteiger partial charge in [0.05, 0.1) is 13.0 Å². The lowest BCUT2D eigenvalue weighted by Gasteiger charge is -2.16. The van der Waals surface area contributed by atoms with Crippen molar-refractivity contribution in [2.45, 2.75) is 19.4 Å². The fourth-order valence-corrected chi connectivity index (χ4v) is 2.35. The Balaban J connectivity index is 2.29. The molecule has 0 aliphatic carbocycles. The Labute approximate surface area is 105 Å². The van der Waals surface area contributed by atoms with E-state index < -0.39 is 11.9 Å². The molecule has 0 radical (unpaired) electrons. The van der Waals surface area contributed by atoms with Crippen LogP contribution in [-0.2, 0) is 4.79 Å². The first-order chi connectivity index (χ1) is 8.52. The lowest BCUT2D eigenvalue weighted by Crippen LogP contribution is -2.17. The van der Waals surface area contributed by atoms with Gasteiger partial charge in [0, 0.05) is 18.2 Å². The zero-order chi connectivity index (χ0) is 13.3. The zero-order valence-corrected chi connectivity index (χ0v) is 10.4. The molecule has 1 aromatic carbocycles. The van der Waals surface area contributed by atoms with Crippen LogP contribution in [0.15, 0.2) is 12.1 Å². The molecule has 0 aromatic heterocycles. The predicted molar refractivity (Wildman–Crippen MR) is 65.9 cm³/mol. The maximum atomic E-state index is 10.9. The van der Waals surface area contributed by atoms with Crippen LogP contribution >= 0.6 is 0 Å². The molecule has 98 valence electrons. The number of hydrogen-bond donors (Lipinski definition) is 3. The number of phenols is 1. The second-order valence-corrected chi connectivity index (χ2v) is 4.64. The molecule has 0 bridgehead atoms. The summed E-state index contributed by atoms with van der Waals surface area (Å²) in [5, 5.41) is 22.2. The van der Waals surface area contributed by atoms with Gasteiger partial charge in [-0.25, -0.2) is 0 Å². The monoisotopic (exact) mass is 251 g/mol. The van der Waals surface area contributed by atoms with Gasteiger partial charge in [0.1, 0.15) is 0 Å². The van der Waals surface area contributed by atoms with Crippen LogP contribution in [0.3, 0.4) is 0 Å². The van der Waals surface area contributed by atoms with Crippen molar-refractivity contribution in [3.8, 4) is 11.5 Å². The Morgan fingerprint density at radius 3 is 2.78 bits per heavy atom. The van der Waals surface area contributed by atoms with Crippen LogP contribution in [0.2, 0.25) is 0 Å². The summed E-state index contributed by atoms with van der Waals surface area (Å²) in [5.74, 6) is -0.692. The first-order valence-corrected chi connectivity index (χ1v) is 5.86. The topological polar surface area (TPSA) is 78.8 Å². The van der Waals surface area contributed by atoms with Gasteiger partial charge < -0.3 is 20.3 Å². The van der Waals surface area contributed by atoms with Gasteiger partial charge in [-0.1, -0.05) is 6.07 Å². The van der Waals surface area contributed by atoms with E-state index in [1.54, 1.807) is 6.07 Å². The van der Waals surface area contributed by atoms with E-state index in [1.807, 2.05) is 13.0 Å². The van der Waals surface area contributed by atoms with Crippen LogP contribution in [0.4, 0.5) is 0 Å². The SMILES string of the molecule is COc1cc(C)cc(C2CC(C(=O)O)CN2)c1O. The Morgan fingerprint density at radius 2 is 2.22 bits per heavy atom. The maximum Gasteiger partial charge on any atom is 0.307 e. The van der Waals surface area contributed by atoms with Crippen LogP contribution in [0.25, 0.3) is 0 Å². The minimum absolute atomic E-state index is 0.0895. The number of benzene rings is 1. The van der Waals surface area contributed by atoms with Gasteiger partial charge in [0.2, 0.25) is 0 Å². The highest BCUT2D eigenvalue weighted by atomic mass is 16.5. The lowest BCUT2D eigenvalue weighted by atomic mass is 9.97. The number of aliphatic carboxylic acids is 1. The molecule has 2 rings (SSSR count). The molecule has 3 N–H and O–H groups in total. The third kappa shape index (κ3) is 2.26. The highest BCUT2D eigenvalue weighted by molar-refractivity contribution is 5.71. The highest BCUT2D eigenvalue weighted by Gasteiger charge is 2.32. The standard InChI is InChI=1S/C13H17NO4/c1-7-3-9(12(15)11(4-7)18-2)10-5-8(6-14-10)13(16)17/h3-4,8,10,14-15H,5-6H2,1-2H3,(H,16,17). The van der Waals surface area contributed by atoms with Crippen molar-refractivity contribution in [1.29, 1.82) is 0 Å². The smallest absolute Gasteiger partial charge is 0.307 e. The summed E-state index contributed by atoms with van der Waals surface area (Å²) in [5.41, 5.74) is 1.68. The van der Waals surface area contributed by atoms with Crippen LogP contribution in [0.5, 0.6) is 11.5 Å². The summed E-state index contributed by atoms with van der Waals surface area (Å²) in [6.45, 7) is 2.34. The van der Waals surface area contributed by atoms with E-state index in [4.69, 9.17) is 9.84 Å². The molecule has 5 heteroatoms. The van der Waals surface area contributed by atoms with Gasteiger partial charge in [-0.3, -0.25) is 4.79 Å². The van der Waals surface area contributed by atoms with Crippen LogP contribution in [0.1, 0.15) is 23.6 Å². The third-order valence-electron chi connectivity index (χ3n) is 3.32. The molecule has 18 heavy (non-hydrogen) atoms. The Bertz CT molecular complexity index is 472. The van der Waals surface area contributed by atoms with Crippen molar-refractivity contribution < 1.29 is 19.7 Å². The largest absolute Gasteiger partial charge is 0.504 e. The second-order valence-electron chi connectivity index (χ2n) is 4.64. The van der Waals surface area contributed by atoms with E-state index in [1.165, 1.54) is 7.11 Å². The number of phenolic OH excluding ortho intramolecular Hbond substituents is 1. The van der Waals surface area contributed by atoms with E-state index in [9.17, 15) is 9.90 Å². The molecule has 1 saturated heterocycles. The molecule has 0 saturated carbocycles. The zero-order valence-electron chi connectivity index (χ0n) is 10.4. The van der Waals surface area contributed by atoms with Gasteiger partial charge in [0.15, 0.2) is 11.5 Å². The number of rotatable bonds is 3. The Hall–Kier alpha value is -1.75. The average Bonchev–Trinajstić information content (AvgIpc) is 2.81. The molecule has 2 unspecified atom stereocenters. The third-order valence-corrected chi connectivity index (χ3v) is 3.32. The molecule has 1 aliphatic heterocycles. The van der Waals surface area contributed by atoms with Crippen LogP contribution in [-0.4, -0.2) is 29.8 Å². The number of carbonyl (C=O) groups is 1. The number of aromatic hydroxyl groups is 1. The minimum atomic E-state index is -0.802. The molecule has 1 aliphatic rings. The number of ether oxygens (including phenoxy) is 1. The van der Waals surface area contributed by atoms with Crippen molar-refractivity contribution in [1.82, 2.24) is 5.32 Å². The van der Waals surface area contributed by atoms with E-state index in [0.29, 0.717) is 24.3 Å². The Morgan fingerprint density at radius 1 is 1.50 bits per heavy atom. The van der Waals surface area contributed by atoms with E-state index >= 15 is 0 Å². The van der Waals surface area contributed by atoms with Gasteiger partial charge >= 0.3 is 5.97 Å². The van der Waals surface area contributed by atoms with Gasteiger partial charge in [0.25, 0.3) is 0 Å². The molecular formula is C13H17NO4. The van der Waals surface area contributed by atoms with Crippen molar-refractivity contribution in [2.75, 3.05) is 13.7 Å². The minimum Gasteiger partial charge on any atom is -0.504 e. The molecule has 2 atom stereocenters. The fraction of sp³-hybridized carbons (Fsp3) is 0.462. The summed E-state index contributed by atoms with van der Waals surface area (Å²) in [7, 11) is 1.50. The second kappa shape index (κ2) is 4.86. The number of carboxylic acids is 1. The summed E-state index contributed by atoms with van der Waals surface area (Å²) in [4.78, 5) is 10.9. The number of carboxylic acid groups (broad SMARTS) is 1. The number of methoxy groups -OCH3 is 1. The lowest BCUT2D eigenvalue weighted by molar-refractivity contribution is -0.141. The van der Waals surface area contributed by atoms with Crippen molar-refractivity contribution in [3.05, 3.63) is 23.3 Å². The summed E-state index contributed by atoms with van der Waals surface area (Å²) in [6, 6.07) is 3.47. The number of nitrogens with one attached hydrogen (secondary N) is 1. The predicted octanol–water partition coefficient (Wildman–Crippen LogP) is 1.44. The van der Waals surface area contributed by atoms with Gasteiger partial charge in [-0.05, 0) is 25.0 Å². The fourth-order valence-electron chi connectivity index (χ4n) is 2.35. The van der Waals surface area contributed by atoms with Gasteiger partial charge in [-0.2, -0.15) is 0 Å². The average molecular weight is 251 g/mol. The molecule has 1 fully saturated rings. The first-order valence-electron chi connectivity index (χ1n) is 5.86. The van der Waals surface area contributed by atoms with Crippen LogP contribution in [0, 0.1) is 12.8 Å². The van der Waals surface area contributed by atoms with E-state index in [2.05, 4.69) is 5.32 Å². The quantitative estimate of drug-likeness (QED) is 0.757. The number of hydrogen-bond acceptors (Lipinski definition) is 4. The van der Waals surface area contributed by atoms with Crippen molar-refractivity contribution in [2.24, 2.45) is 5.92 Å². The number of aryl methyl sites for hydroxylation is 1. The van der Waals surface area contributed by atoms with Gasteiger partial charge in [-0.15, -0.1) is 0 Å². The highest BCUT2D eigenvalue weighted by Crippen LogP contribution is 2.39. The maximum absolute atomic E-state index is 10.9. The molecular weight excluding hydrogens is 234 g/mol. The summed E-state index contributed by atoms with van der Waals surface area (Å²) in [6.07, 6.45) is 0.482. The van der Waals surface area contributed by atoms with E-state index in [-0.39, 0.29) is 11.8 Å². The molecule has 5 nitrogen and oxygen atoms in total. The molecule has 1 aromatic rings. The first kappa shape index (κ1) is 12.7. The normalized spacial score (nSPS) is 23.0. The summed E-state index contributed by atoms with van der Waals surface area (Å²) >= 11 is 0.